The van der Waals surface area contributed by atoms with Gasteiger partial charge in [-0.1, -0.05) is 19.0 Å². The molecular weight excluding hydrogens is 252 g/mol. The first-order chi connectivity index (χ1) is 9.63. The standard InChI is InChI=1S/C15H22N4O/c1-5-7-17-12(4)11(3)15-18-14(19-20-15)13-6-8-16-9-10(13)2/h6,8-9,11-12,17H,5,7H2,1-4H3. The van der Waals surface area contributed by atoms with Crippen LogP contribution in [0.25, 0.3) is 11.4 Å². The fourth-order valence-corrected chi connectivity index (χ4v) is 2.02. The van der Waals surface area contributed by atoms with E-state index in [9.17, 15) is 0 Å². The lowest BCUT2D eigenvalue weighted by molar-refractivity contribution is 0.331. The van der Waals surface area contributed by atoms with Gasteiger partial charge in [0, 0.05) is 24.0 Å². The molecule has 2 aromatic heterocycles. The molecule has 0 spiro atoms. The van der Waals surface area contributed by atoms with Crippen molar-refractivity contribution in [3.8, 4) is 11.4 Å². The molecule has 2 unspecified atom stereocenters. The van der Waals surface area contributed by atoms with Crippen molar-refractivity contribution >= 4 is 0 Å². The van der Waals surface area contributed by atoms with Crippen molar-refractivity contribution in [2.24, 2.45) is 0 Å². The summed E-state index contributed by atoms with van der Waals surface area (Å²) >= 11 is 0. The lowest BCUT2D eigenvalue weighted by atomic mass is 10.0. The summed E-state index contributed by atoms with van der Waals surface area (Å²) in [4.78, 5) is 8.60. The molecule has 0 saturated carbocycles. The van der Waals surface area contributed by atoms with Gasteiger partial charge >= 0.3 is 0 Å². The minimum absolute atomic E-state index is 0.185. The van der Waals surface area contributed by atoms with Crippen molar-refractivity contribution in [1.82, 2.24) is 20.4 Å². The number of aryl methyl sites for hydroxylation is 1. The molecule has 2 atom stereocenters. The Morgan fingerprint density at radius 3 is 2.85 bits per heavy atom. The number of hydrogen-bond acceptors (Lipinski definition) is 5. The van der Waals surface area contributed by atoms with Crippen LogP contribution in [0.3, 0.4) is 0 Å². The molecule has 0 aliphatic carbocycles. The Balaban J connectivity index is 2.15. The van der Waals surface area contributed by atoms with Crippen LogP contribution in [0, 0.1) is 6.92 Å². The molecule has 2 aromatic rings. The van der Waals surface area contributed by atoms with E-state index in [0.29, 0.717) is 17.8 Å². The highest BCUT2D eigenvalue weighted by molar-refractivity contribution is 5.57. The average Bonchev–Trinajstić information content (AvgIpc) is 2.94. The van der Waals surface area contributed by atoms with Gasteiger partial charge < -0.3 is 9.84 Å². The summed E-state index contributed by atoms with van der Waals surface area (Å²) in [5.41, 5.74) is 2.01. The van der Waals surface area contributed by atoms with Gasteiger partial charge in [0.15, 0.2) is 0 Å². The number of hydrogen-bond donors (Lipinski definition) is 1. The molecule has 0 aliphatic heterocycles. The Hall–Kier alpha value is -1.75. The fraction of sp³-hybridized carbons (Fsp3) is 0.533. The van der Waals surface area contributed by atoms with E-state index in [1.165, 1.54) is 0 Å². The minimum atomic E-state index is 0.185. The first kappa shape index (κ1) is 14.7. The molecule has 2 rings (SSSR count). The van der Waals surface area contributed by atoms with Crippen LogP contribution in [0.15, 0.2) is 23.0 Å². The Bertz CT molecular complexity index is 552. The molecule has 0 saturated heterocycles. The van der Waals surface area contributed by atoms with Crippen LogP contribution in [0.5, 0.6) is 0 Å². The molecule has 5 nitrogen and oxygen atoms in total. The van der Waals surface area contributed by atoms with Gasteiger partial charge in [0.05, 0.1) is 5.92 Å². The van der Waals surface area contributed by atoms with Crippen LogP contribution in [0.2, 0.25) is 0 Å². The topological polar surface area (TPSA) is 63.8 Å². The molecule has 0 amide bonds. The quantitative estimate of drug-likeness (QED) is 0.877. The average molecular weight is 274 g/mol. The van der Waals surface area contributed by atoms with Gasteiger partial charge in [-0.2, -0.15) is 4.98 Å². The van der Waals surface area contributed by atoms with Crippen LogP contribution in [0.4, 0.5) is 0 Å². The van der Waals surface area contributed by atoms with Crippen LogP contribution in [0.1, 0.15) is 44.6 Å². The van der Waals surface area contributed by atoms with Crippen molar-refractivity contribution in [2.45, 2.75) is 46.1 Å². The van der Waals surface area contributed by atoms with E-state index < -0.39 is 0 Å². The van der Waals surface area contributed by atoms with Crippen molar-refractivity contribution in [3.05, 3.63) is 29.9 Å². The Morgan fingerprint density at radius 1 is 1.35 bits per heavy atom. The third-order valence-electron chi connectivity index (χ3n) is 3.56. The molecular formula is C15H22N4O. The van der Waals surface area contributed by atoms with E-state index in [4.69, 9.17) is 4.52 Å². The second-order valence-electron chi connectivity index (χ2n) is 5.18. The van der Waals surface area contributed by atoms with Crippen molar-refractivity contribution in [3.63, 3.8) is 0 Å². The number of nitrogens with one attached hydrogen (secondary N) is 1. The normalized spacial score (nSPS) is 14.2. The van der Waals surface area contributed by atoms with Crippen LogP contribution in [-0.4, -0.2) is 27.7 Å². The Kier molecular flexibility index (Phi) is 4.84. The molecule has 0 radical (unpaired) electrons. The van der Waals surface area contributed by atoms with Gasteiger partial charge in [-0.3, -0.25) is 4.98 Å². The highest BCUT2D eigenvalue weighted by atomic mass is 16.5. The van der Waals surface area contributed by atoms with E-state index >= 15 is 0 Å². The summed E-state index contributed by atoms with van der Waals surface area (Å²) in [6.07, 6.45) is 4.66. The molecule has 0 aromatic carbocycles. The zero-order valence-corrected chi connectivity index (χ0v) is 12.6. The van der Waals surface area contributed by atoms with Crippen molar-refractivity contribution < 1.29 is 4.52 Å². The van der Waals surface area contributed by atoms with Crippen molar-refractivity contribution in [2.75, 3.05) is 6.54 Å². The highest BCUT2D eigenvalue weighted by Gasteiger charge is 2.21. The van der Waals surface area contributed by atoms with E-state index in [1.807, 2.05) is 13.0 Å². The third kappa shape index (κ3) is 3.22. The number of pyridine rings is 1. The molecule has 0 bridgehead atoms. The zero-order valence-electron chi connectivity index (χ0n) is 12.6. The maximum absolute atomic E-state index is 5.42. The molecule has 2 heterocycles. The van der Waals surface area contributed by atoms with Gasteiger partial charge in [0.25, 0.3) is 0 Å². The van der Waals surface area contributed by atoms with E-state index in [2.05, 4.69) is 41.2 Å². The summed E-state index contributed by atoms with van der Waals surface area (Å²) in [6.45, 7) is 9.39. The summed E-state index contributed by atoms with van der Waals surface area (Å²) in [7, 11) is 0. The first-order valence-corrected chi connectivity index (χ1v) is 7.11. The molecule has 1 N–H and O–H groups in total. The maximum Gasteiger partial charge on any atom is 0.231 e. The summed E-state index contributed by atoms with van der Waals surface area (Å²) in [6, 6.07) is 2.22. The predicted octanol–water partition coefficient (Wildman–Crippen LogP) is 2.93. The van der Waals surface area contributed by atoms with E-state index in [1.54, 1.807) is 12.4 Å². The van der Waals surface area contributed by atoms with Crippen LogP contribution in [-0.2, 0) is 0 Å². The summed E-state index contributed by atoms with van der Waals surface area (Å²) in [5.74, 6) is 1.49. The number of nitrogens with zero attached hydrogens (tertiary/aromatic N) is 3. The first-order valence-electron chi connectivity index (χ1n) is 7.11. The third-order valence-corrected chi connectivity index (χ3v) is 3.56. The zero-order chi connectivity index (χ0) is 14.5. The highest BCUT2D eigenvalue weighted by Crippen LogP contribution is 2.23. The van der Waals surface area contributed by atoms with Gasteiger partial charge in [-0.05, 0) is 38.4 Å². The Labute approximate surface area is 119 Å². The fourth-order valence-electron chi connectivity index (χ4n) is 2.02. The second kappa shape index (κ2) is 6.61. The second-order valence-corrected chi connectivity index (χ2v) is 5.18. The number of rotatable bonds is 6. The van der Waals surface area contributed by atoms with Gasteiger partial charge in [-0.15, -0.1) is 0 Å². The molecule has 0 fully saturated rings. The largest absolute Gasteiger partial charge is 0.339 e. The van der Waals surface area contributed by atoms with Gasteiger partial charge in [0.1, 0.15) is 0 Å². The van der Waals surface area contributed by atoms with Crippen LogP contribution < -0.4 is 5.32 Å². The predicted molar refractivity (Wildman–Crippen MR) is 78.4 cm³/mol. The SMILES string of the molecule is CCCNC(C)C(C)c1nc(-c2ccncc2C)no1. The minimum Gasteiger partial charge on any atom is -0.339 e. The monoisotopic (exact) mass is 274 g/mol. The number of aromatic nitrogens is 3. The molecule has 20 heavy (non-hydrogen) atoms. The molecule has 108 valence electrons. The smallest absolute Gasteiger partial charge is 0.231 e. The van der Waals surface area contributed by atoms with Crippen molar-refractivity contribution in [1.29, 1.82) is 0 Å². The van der Waals surface area contributed by atoms with E-state index in [-0.39, 0.29) is 5.92 Å². The van der Waals surface area contributed by atoms with Crippen LogP contribution >= 0.6 is 0 Å². The lowest BCUT2D eigenvalue weighted by Gasteiger charge is -2.17. The van der Waals surface area contributed by atoms with Gasteiger partial charge in [0.2, 0.25) is 11.7 Å². The van der Waals surface area contributed by atoms with Gasteiger partial charge in [-0.25, -0.2) is 0 Å². The summed E-state index contributed by atoms with van der Waals surface area (Å²) in [5, 5.41) is 7.54. The lowest BCUT2D eigenvalue weighted by Crippen LogP contribution is -2.31. The summed E-state index contributed by atoms with van der Waals surface area (Å²) < 4.78 is 5.42. The van der Waals surface area contributed by atoms with E-state index in [0.717, 1.165) is 24.1 Å². The molecule has 0 aliphatic rings. The Morgan fingerprint density at radius 2 is 2.15 bits per heavy atom. The maximum atomic E-state index is 5.42. The molecule has 5 heteroatoms.